The van der Waals surface area contributed by atoms with Gasteiger partial charge in [-0.15, -0.1) is 0 Å². The molecule has 10 N–H and O–H groups in total. The maximum atomic E-state index is 14.0. The van der Waals surface area contributed by atoms with Gasteiger partial charge in [-0.05, 0) is 0 Å². The molecule has 0 spiro atoms. The number of hydrogen-bond donors (Lipinski definition) is 4. The number of non-ortho nitro benzene ring substituents is 2. The van der Waals surface area contributed by atoms with E-state index in [9.17, 15) is 67.9 Å². The van der Waals surface area contributed by atoms with Crippen molar-refractivity contribution in [2.75, 3.05) is 10.6 Å². The minimum absolute atomic E-state index is 0. The van der Waals surface area contributed by atoms with Gasteiger partial charge < -0.3 is 12.3 Å². The number of amides is 2. The Morgan fingerprint density at radius 3 is 1.16 bits per heavy atom. The van der Waals surface area contributed by atoms with Crippen LogP contribution in [0.25, 0.3) is 21.5 Å². The largest absolute Gasteiger partial charge is 0.369 e. The minimum Gasteiger partial charge on any atom is -0.369 e. The van der Waals surface area contributed by atoms with Crippen LogP contribution < -0.4 is 40.7 Å². The first-order valence-corrected chi connectivity index (χ1v) is 22.6. The standard InChI is InChI=1S/2C23H15N5O7.Cr.2H3N.2O/c2*29-21-17(23(31)24-14-7-2-1-3-8-14)10-13-6-4-5-9-16(13)20(21)26-25-18-11-15(27(32)33)12-19(22(18)30)28(34)35;;;;;/h2*1-12,29-30H,(H,24,31);;2*1H3;;/q;;+2;;;;/p-2. The van der Waals surface area contributed by atoms with Crippen molar-refractivity contribution in [2.24, 2.45) is 20.5 Å². The zero-order valence-electron chi connectivity index (χ0n) is 38.4. The van der Waals surface area contributed by atoms with Crippen LogP contribution in [0.15, 0.2) is 166 Å². The number of nitrogens with one attached hydrogen (secondary N) is 2. The quantitative estimate of drug-likeness (QED) is 0.0397. The number of quaternary nitrogens is 2. The van der Waals surface area contributed by atoms with Gasteiger partial charge in [0.1, 0.15) is 0 Å². The van der Waals surface area contributed by atoms with Crippen LogP contribution in [0.1, 0.15) is 20.7 Å². The summed E-state index contributed by atoms with van der Waals surface area (Å²) in [5, 5.41) is 97.6. The second kappa shape index (κ2) is 22.1. The van der Waals surface area contributed by atoms with Gasteiger partial charge in [0.05, 0.1) is 0 Å². The third-order valence-corrected chi connectivity index (χ3v) is 11.4. The molecule has 0 aliphatic heterocycles. The van der Waals surface area contributed by atoms with Gasteiger partial charge in [-0.25, -0.2) is 0 Å². The van der Waals surface area contributed by atoms with Crippen LogP contribution in [0.3, 0.4) is 0 Å². The molecule has 8 rings (SSSR count). The van der Waals surface area contributed by atoms with Crippen LogP contribution in [0.2, 0.25) is 0 Å². The number of para-hydroxylation sites is 2. The van der Waals surface area contributed by atoms with Crippen molar-refractivity contribution in [2.45, 2.75) is 0 Å². The number of nitrogens with zero attached hydrogens (tertiary/aromatic N) is 8. The van der Waals surface area contributed by atoms with Crippen molar-refractivity contribution in [3.63, 3.8) is 0 Å². The second-order valence-corrected chi connectivity index (χ2v) is 16.7. The maximum absolute atomic E-state index is 14.0. The summed E-state index contributed by atoms with van der Waals surface area (Å²) >= 11 is -7.06. The molecule has 380 valence electrons. The average molecular weight is 1060 g/mol. The van der Waals surface area contributed by atoms with Crippen LogP contribution in [0, 0.1) is 40.5 Å². The van der Waals surface area contributed by atoms with Crippen LogP contribution in [0.4, 0.5) is 56.9 Å². The van der Waals surface area contributed by atoms with Crippen molar-refractivity contribution in [3.8, 4) is 23.0 Å². The normalized spacial score (nSPS) is 11.1. The number of fused-ring (bicyclic) bond motifs is 2. The molecule has 0 aromatic heterocycles. The summed E-state index contributed by atoms with van der Waals surface area (Å²) in [5.74, 6) is -6.82. The van der Waals surface area contributed by atoms with Crippen molar-refractivity contribution in [1.29, 1.82) is 0 Å². The van der Waals surface area contributed by atoms with E-state index in [1.165, 1.54) is 72.8 Å². The van der Waals surface area contributed by atoms with E-state index >= 15 is 0 Å². The van der Waals surface area contributed by atoms with Crippen molar-refractivity contribution in [3.05, 3.63) is 197 Å². The van der Waals surface area contributed by atoms with Gasteiger partial charge in [0.15, 0.2) is 0 Å². The first-order valence-electron chi connectivity index (χ1n) is 20.5. The Hall–Kier alpha value is -10.7. The predicted octanol–water partition coefficient (Wildman–Crippen LogP) is 11.0. The predicted molar refractivity (Wildman–Crippen MR) is 258 cm³/mol. The molecule has 2 amide bonds. The number of carbonyl (C=O) groups is 2. The summed E-state index contributed by atoms with van der Waals surface area (Å²) in [6.45, 7) is 0. The third kappa shape index (κ3) is 11.6. The fourth-order valence-corrected chi connectivity index (χ4v) is 8.22. The fourth-order valence-electron chi connectivity index (χ4n) is 6.99. The second-order valence-electron chi connectivity index (χ2n) is 14.9. The Morgan fingerprint density at radius 1 is 0.467 bits per heavy atom. The Labute approximate surface area is 420 Å². The van der Waals surface area contributed by atoms with Gasteiger partial charge in [0.2, 0.25) is 0 Å². The van der Waals surface area contributed by atoms with Gasteiger partial charge in [0.25, 0.3) is 0 Å². The number of nitro benzene ring substituents is 4. The van der Waals surface area contributed by atoms with E-state index in [1.54, 1.807) is 48.5 Å². The molecule has 0 saturated heterocycles. The number of azo groups is 2. The van der Waals surface area contributed by atoms with Crippen molar-refractivity contribution >= 4 is 90.2 Å². The molecule has 0 atom stereocenters. The van der Waals surface area contributed by atoms with Crippen LogP contribution in [-0.4, -0.2) is 31.5 Å². The number of carbonyl (C=O) groups excluding carboxylic acids is 2. The van der Waals surface area contributed by atoms with E-state index in [-0.39, 0.29) is 46.0 Å². The van der Waals surface area contributed by atoms with E-state index in [2.05, 4.69) is 31.1 Å². The average Bonchev–Trinajstić information content (AvgIpc) is 3.36. The molecule has 75 heavy (non-hydrogen) atoms. The Balaban J connectivity index is 0.00000457. The van der Waals surface area contributed by atoms with E-state index in [0.29, 0.717) is 23.5 Å². The van der Waals surface area contributed by atoms with E-state index in [0.717, 1.165) is 0 Å². The zero-order valence-corrected chi connectivity index (χ0v) is 39.6. The molecule has 0 saturated carbocycles. The molecular formula is C46H34CrN12O16. The first-order chi connectivity index (χ1) is 34.9. The molecule has 0 radical (unpaired) electrons. The molecule has 0 bridgehead atoms. The van der Waals surface area contributed by atoms with Crippen LogP contribution >= 0.6 is 0 Å². The molecule has 29 heteroatoms. The summed E-state index contributed by atoms with van der Waals surface area (Å²) in [5.41, 5.74) is -8.86. The molecule has 0 aliphatic carbocycles. The summed E-state index contributed by atoms with van der Waals surface area (Å²) in [7, 11) is 0. The van der Waals surface area contributed by atoms with Crippen molar-refractivity contribution < 1.29 is 68.3 Å². The summed E-state index contributed by atoms with van der Waals surface area (Å²) in [6.07, 6.45) is 0. The topological polar surface area (TPSA) is 452 Å². The van der Waals surface area contributed by atoms with Gasteiger partial charge in [-0.2, -0.15) is 0 Å². The fraction of sp³-hybridized carbons (Fsp3) is 0. The first kappa shape index (κ1) is 53.6. The van der Waals surface area contributed by atoms with Gasteiger partial charge in [-0.1, -0.05) is 36.4 Å². The summed E-state index contributed by atoms with van der Waals surface area (Å²) < 4.78 is 38.0. The van der Waals surface area contributed by atoms with Gasteiger partial charge in [-0.3, -0.25) is 0 Å². The maximum Gasteiger partial charge on any atom is -0.369 e. The molecule has 0 fully saturated rings. The number of nitro groups is 4. The van der Waals surface area contributed by atoms with Gasteiger partial charge >= 0.3 is 373 Å². The number of benzene rings is 8. The molecule has 0 unspecified atom stereocenters. The summed E-state index contributed by atoms with van der Waals surface area (Å²) in [4.78, 5) is 70.7. The molecule has 0 heterocycles. The number of rotatable bonds is 16. The van der Waals surface area contributed by atoms with E-state index in [4.69, 9.17) is 7.58 Å². The Kier molecular flexibility index (Phi) is 15.8. The minimum atomic E-state index is -7.06. The summed E-state index contributed by atoms with van der Waals surface area (Å²) in [6, 6.07) is 31.6. The smallest absolute Gasteiger partial charge is 0.369 e. The third-order valence-electron chi connectivity index (χ3n) is 10.3. The van der Waals surface area contributed by atoms with Gasteiger partial charge in [0, 0.05) is 0 Å². The van der Waals surface area contributed by atoms with Crippen LogP contribution in [-0.2, 0) is 21.2 Å². The monoisotopic (exact) mass is 1060 g/mol. The molecular weight excluding hydrogens is 1030 g/mol. The zero-order chi connectivity index (χ0) is 52.1. The molecule has 8 aromatic rings. The van der Waals surface area contributed by atoms with Crippen molar-refractivity contribution in [1.82, 2.24) is 12.3 Å². The van der Waals surface area contributed by atoms with E-state index in [1.807, 2.05) is 0 Å². The number of hydrogen-bond acceptors (Lipinski definition) is 20. The molecule has 8 aromatic carbocycles. The molecule has 0 aliphatic rings. The Bertz CT molecular complexity index is 3570. The van der Waals surface area contributed by atoms with Crippen LogP contribution in [0.5, 0.6) is 23.0 Å². The Morgan fingerprint density at radius 2 is 0.813 bits per heavy atom. The number of anilines is 2. The van der Waals surface area contributed by atoms with E-state index < -0.39 is 125 Å². The molecule has 28 nitrogen and oxygen atoms in total. The SMILES string of the molecule is O=C(Nc1ccccc1)c1cc2ccccc2c(N=Nc2cc([N+](=O)[O-])cc([N+](=O)[O-])c2[O][Cr](=[O])(=[O])[O]c2c(N=Nc3c([O-])c(C(=O)Nc4ccccc4)cc4ccccc34)cc([N+](=O)[O-])cc2[N+](=O)[O-])c1[O-].[NH4+].[NH4+].